The lowest BCUT2D eigenvalue weighted by molar-refractivity contribution is -0.384. The maximum atomic E-state index is 11.2. The van der Waals surface area contributed by atoms with Gasteiger partial charge in [0.2, 0.25) is 0 Å². The highest BCUT2D eigenvalue weighted by molar-refractivity contribution is 5.75. The number of ether oxygens (including phenoxy) is 1. The molecule has 0 amide bonds. The molecule has 7 nitrogen and oxygen atoms in total. The van der Waals surface area contributed by atoms with E-state index in [1.165, 1.54) is 19.2 Å². The molecular weight excluding hydrogens is 276 g/mol. The summed E-state index contributed by atoms with van der Waals surface area (Å²) in [5.41, 5.74) is 6.22. The lowest BCUT2D eigenvalue weighted by Crippen LogP contribution is -2.33. The Bertz CT molecular complexity index is 665. The number of nitrogens with two attached hydrogens (primary N) is 1. The molecule has 1 heterocycles. The van der Waals surface area contributed by atoms with Gasteiger partial charge in [-0.2, -0.15) is 0 Å². The molecule has 0 bridgehead atoms. The molecule has 0 spiro atoms. The van der Waals surface area contributed by atoms with E-state index >= 15 is 0 Å². The Morgan fingerprint density at radius 1 is 1.43 bits per heavy atom. The lowest BCUT2D eigenvalue weighted by atomic mass is 10.1. The number of furan rings is 1. The molecule has 2 rings (SSSR count). The molecule has 0 aliphatic rings. The third-order valence-corrected chi connectivity index (χ3v) is 2.93. The van der Waals surface area contributed by atoms with Gasteiger partial charge in [0.05, 0.1) is 12.0 Å². The van der Waals surface area contributed by atoms with Gasteiger partial charge in [0.15, 0.2) is 0 Å². The highest BCUT2D eigenvalue weighted by Gasteiger charge is 2.17. The van der Waals surface area contributed by atoms with Crippen LogP contribution in [0.5, 0.6) is 0 Å². The zero-order valence-electron chi connectivity index (χ0n) is 11.3. The third-order valence-electron chi connectivity index (χ3n) is 2.93. The van der Waals surface area contributed by atoms with E-state index in [2.05, 4.69) is 4.74 Å². The molecular formula is C14H14N2O5. The second-order valence-corrected chi connectivity index (χ2v) is 4.41. The number of carbonyl (C=O) groups is 1. The molecule has 0 aliphatic carbocycles. The van der Waals surface area contributed by atoms with Crippen LogP contribution in [0.2, 0.25) is 0 Å². The minimum Gasteiger partial charge on any atom is -0.468 e. The van der Waals surface area contributed by atoms with Gasteiger partial charge in [-0.15, -0.1) is 0 Å². The summed E-state index contributed by atoms with van der Waals surface area (Å²) in [5, 5.41) is 10.8. The quantitative estimate of drug-likeness (QED) is 0.511. The van der Waals surface area contributed by atoms with E-state index < -0.39 is 16.9 Å². The van der Waals surface area contributed by atoms with E-state index in [0.29, 0.717) is 17.1 Å². The number of nitro benzene ring substituents is 1. The lowest BCUT2D eigenvalue weighted by Gasteiger charge is -2.06. The van der Waals surface area contributed by atoms with Crippen molar-refractivity contribution in [1.29, 1.82) is 0 Å². The van der Waals surface area contributed by atoms with E-state index in [1.54, 1.807) is 24.3 Å². The molecule has 21 heavy (non-hydrogen) atoms. The average molecular weight is 290 g/mol. The van der Waals surface area contributed by atoms with Crippen molar-refractivity contribution in [2.75, 3.05) is 7.11 Å². The van der Waals surface area contributed by atoms with Crippen LogP contribution in [0.1, 0.15) is 5.76 Å². The van der Waals surface area contributed by atoms with Gasteiger partial charge < -0.3 is 14.9 Å². The Morgan fingerprint density at radius 2 is 2.19 bits per heavy atom. The van der Waals surface area contributed by atoms with Crippen LogP contribution in [0.25, 0.3) is 11.3 Å². The van der Waals surface area contributed by atoms with Crippen LogP contribution >= 0.6 is 0 Å². The largest absolute Gasteiger partial charge is 0.468 e. The summed E-state index contributed by atoms with van der Waals surface area (Å²) in [4.78, 5) is 21.5. The van der Waals surface area contributed by atoms with Gasteiger partial charge in [-0.3, -0.25) is 14.9 Å². The Labute approximate surface area is 120 Å². The number of nitrogens with zero attached hydrogens (tertiary/aromatic N) is 1. The summed E-state index contributed by atoms with van der Waals surface area (Å²) in [5.74, 6) is 0.462. The monoisotopic (exact) mass is 290 g/mol. The number of esters is 1. The van der Waals surface area contributed by atoms with E-state index in [1.807, 2.05) is 0 Å². The molecule has 0 radical (unpaired) electrons. The van der Waals surface area contributed by atoms with Crippen LogP contribution in [0, 0.1) is 10.1 Å². The van der Waals surface area contributed by atoms with Crippen LogP contribution in [0.3, 0.4) is 0 Å². The first-order valence-electron chi connectivity index (χ1n) is 6.18. The number of carbonyl (C=O) groups excluding carboxylic acids is 1. The number of nitro groups is 1. The number of rotatable bonds is 5. The molecule has 2 N–H and O–H groups in total. The van der Waals surface area contributed by atoms with Crippen molar-refractivity contribution in [2.24, 2.45) is 5.73 Å². The normalized spacial score (nSPS) is 11.9. The van der Waals surface area contributed by atoms with Crippen molar-refractivity contribution in [3.63, 3.8) is 0 Å². The minimum atomic E-state index is -0.806. The fourth-order valence-electron chi connectivity index (χ4n) is 1.87. The Balaban J connectivity index is 2.18. The first-order valence-corrected chi connectivity index (χ1v) is 6.18. The smallest absolute Gasteiger partial charge is 0.323 e. The summed E-state index contributed by atoms with van der Waals surface area (Å²) in [6.07, 6.45) is 0.196. The number of hydrogen-bond donors (Lipinski definition) is 1. The topological polar surface area (TPSA) is 109 Å². The number of non-ortho nitro benzene ring substituents is 1. The molecule has 1 aromatic carbocycles. The summed E-state index contributed by atoms with van der Waals surface area (Å²) in [6.45, 7) is 0. The van der Waals surface area contributed by atoms with E-state index in [-0.39, 0.29) is 12.1 Å². The van der Waals surface area contributed by atoms with Gasteiger partial charge in [-0.05, 0) is 12.1 Å². The zero-order valence-corrected chi connectivity index (χ0v) is 11.3. The summed E-state index contributed by atoms with van der Waals surface area (Å²) in [6, 6.07) is 8.66. The Hall–Kier alpha value is -2.67. The third kappa shape index (κ3) is 3.46. The second kappa shape index (κ2) is 6.19. The minimum absolute atomic E-state index is 0.0169. The van der Waals surface area contributed by atoms with Crippen LogP contribution in [-0.4, -0.2) is 24.0 Å². The molecule has 1 atom stereocenters. The molecule has 2 aromatic rings. The van der Waals surface area contributed by atoms with Crippen molar-refractivity contribution in [1.82, 2.24) is 0 Å². The maximum Gasteiger partial charge on any atom is 0.323 e. The van der Waals surface area contributed by atoms with Crippen LogP contribution in [-0.2, 0) is 16.0 Å². The summed E-state index contributed by atoms with van der Waals surface area (Å²) < 4.78 is 10.1. The van der Waals surface area contributed by atoms with Gasteiger partial charge in [-0.25, -0.2) is 0 Å². The first kappa shape index (κ1) is 14.7. The average Bonchev–Trinajstić information content (AvgIpc) is 2.95. The maximum absolute atomic E-state index is 11.2. The van der Waals surface area contributed by atoms with Crippen molar-refractivity contribution in [2.45, 2.75) is 12.5 Å². The highest BCUT2D eigenvalue weighted by atomic mass is 16.6. The predicted octanol–water partition coefficient (Wildman–Crippen LogP) is 1.90. The molecule has 0 fully saturated rings. The van der Waals surface area contributed by atoms with Crippen molar-refractivity contribution in [3.8, 4) is 11.3 Å². The SMILES string of the molecule is COC(=O)C(N)Cc1ccc(-c2cccc([N+](=O)[O-])c2)o1. The van der Waals surface area contributed by atoms with Crippen molar-refractivity contribution in [3.05, 3.63) is 52.3 Å². The molecule has 7 heteroatoms. The van der Waals surface area contributed by atoms with E-state index in [4.69, 9.17) is 10.2 Å². The van der Waals surface area contributed by atoms with Gasteiger partial charge in [-0.1, -0.05) is 12.1 Å². The fraction of sp³-hybridized carbons (Fsp3) is 0.214. The van der Waals surface area contributed by atoms with Crippen LogP contribution in [0.15, 0.2) is 40.8 Å². The standard InChI is InChI=1S/C14H14N2O5/c1-20-14(17)12(15)8-11-5-6-13(21-11)9-3-2-4-10(7-9)16(18)19/h2-7,12H,8,15H2,1H3. The summed E-state index contributed by atoms with van der Waals surface area (Å²) in [7, 11) is 1.26. The zero-order chi connectivity index (χ0) is 15.4. The number of methoxy groups -OCH3 is 1. The van der Waals surface area contributed by atoms with Gasteiger partial charge in [0.1, 0.15) is 17.6 Å². The van der Waals surface area contributed by atoms with Gasteiger partial charge in [0.25, 0.3) is 5.69 Å². The van der Waals surface area contributed by atoms with Gasteiger partial charge >= 0.3 is 5.97 Å². The van der Waals surface area contributed by atoms with Crippen molar-refractivity contribution < 1.29 is 18.9 Å². The first-order chi connectivity index (χ1) is 10.0. The molecule has 1 unspecified atom stereocenters. The predicted molar refractivity (Wildman–Crippen MR) is 74.5 cm³/mol. The molecule has 0 saturated heterocycles. The molecule has 1 aromatic heterocycles. The Kier molecular flexibility index (Phi) is 4.34. The number of benzene rings is 1. The fourth-order valence-corrected chi connectivity index (χ4v) is 1.87. The molecule has 0 aliphatic heterocycles. The van der Waals surface area contributed by atoms with Gasteiger partial charge in [0, 0.05) is 24.1 Å². The second-order valence-electron chi connectivity index (χ2n) is 4.41. The molecule has 110 valence electrons. The Morgan fingerprint density at radius 3 is 2.86 bits per heavy atom. The van der Waals surface area contributed by atoms with Crippen LogP contribution in [0.4, 0.5) is 5.69 Å². The van der Waals surface area contributed by atoms with Crippen LogP contribution < -0.4 is 5.73 Å². The summed E-state index contributed by atoms with van der Waals surface area (Å²) >= 11 is 0. The highest BCUT2D eigenvalue weighted by Crippen LogP contribution is 2.26. The van der Waals surface area contributed by atoms with Crippen molar-refractivity contribution >= 4 is 11.7 Å². The van der Waals surface area contributed by atoms with E-state index in [0.717, 1.165) is 0 Å². The molecule has 0 saturated carbocycles. The number of hydrogen-bond acceptors (Lipinski definition) is 6. The van der Waals surface area contributed by atoms with E-state index in [9.17, 15) is 14.9 Å².